The van der Waals surface area contributed by atoms with Crippen molar-refractivity contribution in [3.63, 3.8) is 0 Å². The zero-order valence-corrected chi connectivity index (χ0v) is 14.4. The molecule has 1 aliphatic rings. The molecule has 2 amide bonds. The molecule has 3 aromatic rings. The minimum atomic E-state index is -0.133. The van der Waals surface area contributed by atoms with Crippen LogP contribution in [-0.2, 0) is 0 Å². The van der Waals surface area contributed by atoms with Gasteiger partial charge in [-0.2, -0.15) is 0 Å². The van der Waals surface area contributed by atoms with Crippen molar-refractivity contribution in [2.75, 3.05) is 18.4 Å². The molecule has 1 fully saturated rings. The molecule has 1 atom stereocenters. The zero-order valence-electron chi connectivity index (χ0n) is 13.6. The number of carbonyl (C=O) groups is 1. The molecule has 1 N–H and O–H groups in total. The molecular formula is C18H18ClN5O. The van der Waals surface area contributed by atoms with Gasteiger partial charge in [0, 0.05) is 25.2 Å². The number of likely N-dealkylation sites (tertiary alicyclic amines) is 1. The van der Waals surface area contributed by atoms with Crippen molar-refractivity contribution in [2.24, 2.45) is 0 Å². The van der Waals surface area contributed by atoms with Gasteiger partial charge in [0.1, 0.15) is 5.82 Å². The Balaban J connectivity index is 1.51. The summed E-state index contributed by atoms with van der Waals surface area (Å²) in [4.78, 5) is 14.4. The van der Waals surface area contributed by atoms with Gasteiger partial charge in [0.15, 0.2) is 5.65 Å². The highest BCUT2D eigenvalue weighted by atomic mass is 35.5. The SMILES string of the molecule is O=C(Nc1ccccc1Cl)N1CCCC(c2nnc3ccccn23)C1. The average molecular weight is 356 g/mol. The number of aromatic nitrogens is 3. The van der Waals surface area contributed by atoms with E-state index < -0.39 is 0 Å². The fourth-order valence-corrected chi connectivity index (χ4v) is 3.45. The normalized spacial score (nSPS) is 17.6. The number of nitrogens with one attached hydrogen (secondary N) is 1. The fraction of sp³-hybridized carbons (Fsp3) is 0.278. The molecule has 7 heteroatoms. The van der Waals surface area contributed by atoms with Crippen molar-refractivity contribution in [3.05, 3.63) is 59.5 Å². The highest BCUT2D eigenvalue weighted by molar-refractivity contribution is 6.33. The Morgan fingerprint density at radius 2 is 2.00 bits per heavy atom. The van der Waals surface area contributed by atoms with E-state index in [4.69, 9.17) is 11.6 Å². The first kappa shape index (κ1) is 15.9. The van der Waals surface area contributed by atoms with Crippen molar-refractivity contribution in [2.45, 2.75) is 18.8 Å². The summed E-state index contributed by atoms with van der Waals surface area (Å²) < 4.78 is 2.00. The first-order valence-electron chi connectivity index (χ1n) is 8.32. The number of anilines is 1. The maximum Gasteiger partial charge on any atom is 0.321 e. The number of piperidine rings is 1. The lowest BCUT2D eigenvalue weighted by molar-refractivity contribution is 0.191. The number of pyridine rings is 1. The number of rotatable bonds is 2. The van der Waals surface area contributed by atoms with Crippen LogP contribution in [0.25, 0.3) is 5.65 Å². The summed E-state index contributed by atoms with van der Waals surface area (Å²) in [5.41, 5.74) is 1.46. The molecule has 0 spiro atoms. The van der Waals surface area contributed by atoms with Crippen LogP contribution in [-0.4, -0.2) is 38.6 Å². The Morgan fingerprint density at radius 3 is 2.88 bits per heavy atom. The first-order valence-corrected chi connectivity index (χ1v) is 8.70. The molecule has 6 nitrogen and oxygen atoms in total. The van der Waals surface area contributed by atoms with Crippen LogP contribution in [0.4, 0.5) is 10.5 Å². The van der Waals surface area contributed by atoms with Gasteiger partial charge in [-0.1, -0.05) is 29.8 Å². The molecule has 1 saturated heterocycles. The summed E-state index contributed by atoms with van der Waals surface area (Å²) in [6.07, 6.45) is 3.89. The topological polar surface area (TPSA) is 62.5 Å². The lowest BCUT2D eigenvalue weighted by Crippen LogP contribution is -2.42. The Hall–Kier alpha value is -2.60. The standard InChI is InChI=1S/C18H18ClN5O/c19-14-7-1-2-8-15(14)20-18(25)23-10-5-6-13(12-23)17-22-21-16-9-3-4-11-24(16)17/h1-4,7-9,11,13H,5-6,10,12H2,(H,20,25). The van der Waals surface area contributed by atoms with Crippen molar-refractivity contribution in [1.29, 1.82) is 0 Å². The molecule has 0 radical (unpaired) electrons. The number of benzene rings is 1. The van der Waals surface area contributed by atoms with Crippen LogP contribution in [0.3, 0.4) is 0 Å². The number of halogens is 1. The second kappa shape index (κ2) is 6.72. The van der Waals surface area contributed by atoms with E-state index in [9.17, 15) is 4.79 Å². The molecule has 1 aliphatic heterocycles. The van der Waals surface area contributed by atoms with E-state index >= 15 is 0 Å². The monoisotopic (exact) mass is 355 g/mol. The Kier molecular flexibility index (Phi) is 4.28. The number of amides is 2. The van der Waals surface area contributed by atoms with Crippen LogP contribution in [0.5, 0.6) is 0 Å². The lowest BCUT2D eigenvalue weighted by Gasteiger charge is -2.32. The summed E-state index contributed by atoms with van der Waals surface area (Å²) in [5.74, 6) is 1.08. The minimum Gasteiger partial charge on any atom is -0.324 e. The smallest absolute Gasteiger partial charge is 0.321 e. The minimum absolute atomic E-state index is 0.133. The van der Waals surface area contributed by atoms with Crippen molar-refractivity contribution < 1.29 is 4.79 Å². The van der Waals surface area contributed by atoms with E-state index in [0.717, 1.165) is 30.9 Å². The molecule has 3 heterocycles. The maximum absolute atomic E-state index is 12.6. The molecule has 0 bridgehead atoms. The highest BCUT2D eigenvalue weighted by Crippen LogP contribution is 2.27. The number of carbonyl (C=O) groups excluding carboxylic acids is 1. The molecule has 25 heavy (non-hydrogen) atoms. The number of para-hydroxylation sites is 1. The summed E-state index contributed by atoms with van der Waals surface area (Å²) in [5, 5.41) is 12.0. The third-order valence-corrected chi connectivity index (χ3v) is 4.86. The van der Waals surface area contributed by atoms with Crippen LogP contribution in [0, 0.1) is 0 Å². The van der Waals surface area contributed by atoms with Gasteiger partial charge in [0.05, 0.1) is 10.7 Å². The van der Waals surface area contributed by atoms with Crippen LogP contribution in [0.15, 0.2) is 48.7 Å². The van der Waals surface area contributed by atoms with Gasteiger partial charge in [-0.05, 0) is 37.1 Å². The molecular weight excluding hydrogens is 338 g/mol. The van der Waals surface area contributed by atoms with E-state index in [1.54, 1.807) is 12.1 Å². The Morgan fingerprint density at radius 1 is 1.16 bits per heavy atom. The number of hydrogen-bond acceptors (Lipinski definition) is 3. The van der Waals surface area contributed by atoms with Crippen LogP contribution in [0.2, 0.25) is 5.02 Å². The molecule has 4 rings (SSSR count). The Bertz CT molecular complexity index is 909. The van der Waals surface area contributed by atoms with Gasteiger partial charge in [-0.15, -0.1) is 10.2 Å². The van der Waals surface area contributed by atoms with Crippen LogP contribution in [0.1, 0.15) is 24.6 Å². The summed E-state index contributed by atoms with van der Waals surface area (Å²) in [6.45, 7) is 1.34. The first-order chi connectivity index (χ1) is 12.2. The third kappa shape index (κ3) is 3.17. The van der Waals surface area contributed by atoms with Gasteiger partial charge in [-0.25, -0.2) is 4.79 Å². The number of urea groups is 1. The van der Waals surface area contributed by atoms with Crippen molar-refractivity contribution in [3.8, 4) is 0 Å². The number of hydrogen-bond donors (Lipinski definition) is 1. The van der Waals surface area contributed by atoms with E-state index in [2.05, 4.69) is 15.5 Å². The number of fused-ring (bicyclic) bond motifs is 1. The lowest BCUT2D eigenvalue weighted by atomic mass is 9.97. The van der Waals surface area contributed by atoms with E-state index in [-0.39, 0.29) is 11.9 Å². The van der Waals surface area contributed by atoms with Gasteiger partial charge in [0.25, 0.3) is 0 Å². The molecule has 0 aliphatic carbocycles. The fourth-order valence-electron chi connectivity index (χ4n) is 3.27. The quantitative estimate of drug-likeness (QED) is 0.760. The molecule has 128 valence electrons. The van der Waals surface area contributed by atoms with E-state index in [1.165, 1.54) is 0 Å². The maximum atomic E-state index is 12.6. The van der Waals surface area contributed by atoms with E-state index in [0.29, 0.717) is 17.3 Å². The van der Waals surface area contributed by atoms with Gasteiger partial charge >= 0.3 is 6.03 Å². The van der Waals surface area contributed by atoms with Gasteiger partial charge in [-0.3, -0.25) is 4.40 Å². The summed E-state index contributed by atoms with van der Waals surface area (Å²) >= 11 is 6.13. The third-order valence-electron chi connectivity index (χ3n) is 4.53. The van der Waals surface area contributed by atoms with Crippen LogP contribution < -0.4 is 5.32 Å². The van der Waals surface area contributed by atoms with E-state index in [1.807, 2.05) is 45.8 Å². The highest BCUT2D eigenvalue weighted by Gasteiger charge is 2.28. The van der Waals surface area contributed by atoms with Gasteiger partial charge in [0.2, 0.25) is 0 Å². The van der Waals surface area contributed by atoms with Crippen LogP contribution >= 0.6 is 11.6 Å². The zero-order chi connectivity index (χ0) is 17.2. The Labute approximate surface area is 150 Å². The number of nitrogens with zero attached hydrogens (tertiary/aromatic N) is 4. The molecule has 1 aromatic carbocycles. The predicted molar refractivity (Wildman–Crippen MR) is 97.0 cm³/mol. The van der Waals surface area contributed by atoms with Crippen molar-refractivity contribution in [1.82, 2.24) is 19.5 Å². The van der Waals surface area contributed by atoms with Gasteiger partial charge < -0.3 is 10.2 Å². The predicted octanol–water partition coefficient (Wildman–Crippen LogP) is 3.79. The second-order valence-corrected chi connectivity index (χ2v) is 6.59. The molecule has 1 unspecified atom stereocenters. The molecule has 2 aromatic heterocycles. The van der Waals surface area contributed by atoms with Crippen molar-refractivity contribution >= 4 is 29.0 Å². The summed E-state index contributed by atoms with van der Waals surface area (Å²) in [7, 11) is 0. The molecule has 0 saturated carbocycles. The largest absolute Gasteiger partial charge is 0.324 e. The summed E-state index contributed by atoms with van der Waals surface area (Å²) in [6, 6.07) is 13.0. The second-order valence-electron chi connectivity index (χ2n) is 6.18. The average Bonchev–Trinajstić information content (AvgIpc) is 3.08.